The first-order valence-corrected chi connectivity index (χ1v) is 5.64. The molecule has 0 fully saturated rings. The van der Waals surface area contributed by atoms with Gasteiger partial charge in [0.1, 0.15) is 11.6 Å². The van der Waals surface area contributed by atoms with Crippen LogP contribution in [0.25, 0.3) is 0 Å². The molecule has 0 aromatic heterocycles. The highest BCUT2D eigenvalue weighted by Crippen LogP contribution is 2.07. The van der Waals surface area contributed by atoms with Gasteiger partial charge in [0.05, 0.1) is 13.1 Å². The van der Waals surface area contributed by atoms with Crippen molar-refractivity contribution in [2.45, 2.75) is 44.9 Å². The van der Waals surface area contributed by atoms with Crippen molar-refractivity contribution in [2.24, 2.45) is 11.5 Å². The van der Waals surface area contributed by atoms with Crippen LogP contribution in [0, 0.1) is 0 Å². The summed E-state index contributed by atoms with van der Waals surface area (Å²) in [7, 11) is 0. The predicted octanol–water partition coefficient (Wildman–Crippen LogP) is 0.773. The van der Waals surface area contributed by atoms with E-state index in [-0.39, 0.29) is 24.7 Å². The van der Waals surface area contributed by atoms with Gasteiger partial charge < -0.3 is 11.5 Å². The first-order chi connectivity index (χ1) is 7.20. The summed E-state index contributed by atoms with van der Waals surface area (Å²) in [6, 6.07) is 0. The highest BCUT2D eigenvalue weighted by molar-refractivity contribution is 5.80. The molecule has 0 aromatic carbocycles. The van der Waals surface area contributed by atoms with Gasteiger partial charge in [-0.25, -0.2) is 0 Å². The molecule has 0 radical (unpaired) electrons. The van der Waals surface area contributed by atoms with Crippen molar-refractivity contribution < 1.29 is 9.59 Å². The molecule has 4 nitrogen and oxygen atoms in total. The van der Waals surface area contributed by atoms with Crippen LogP contribution in [0.3, 0.4) is 0 Å². The molecule has 15 heavy (non-hydrogen) atoms. The third-order valence-electron chi connectivity index (χ3n) is 2.37. The second kappa shape index (κ2) is 9.80. The number of carbonyl (C=O) groups is 2. The van der Waals surface area contributed by atoms with E-state index in [1.165, 1.54) is 0 Å². The molecule has 0 aliphatic heterocycles. The standard InChI is InChI=1S/C11H22N2O2/c12-8-10(14)6-4-2-1-3-5-7-11(15)9-13/h1-9,12-13H2. The van der Waals surface area contributed by atoms with E-state index in [1.807, 2.05) is 0 Å². The number of unbranched alkanes of at least 4 members (excludes halogenated alkanes) is 4. The van der Waals surface area contributed by atoms with Gasteiger partial charge in [0, 0.05) is 12.8 Å². The number of hydrogen-bond acceptors (Lipinski definition) is 4. The predicted molar refractivity (Wildman–Crippen MR) is 60.4 cm³/mol. The molecule has 0 saturated carbocycles. The van der Waals surface area contributed by atoms with Gasteiger partial charge in [-0.15, -0.1) is 0 Å². The molecular formula is C11H22N2O2. The zero-order valence-electron chi connectivity index (χ0n) is 9.34. The van der Waals surface area contributed by atoms with Gasteiger partial charge in [-0.3, -0.25) is 9.59 Å². The number of hydrogen-bond donors (Lipinski definition) is 2. The van der Waals surface area contributed by atoms with Crippen LogP contribution in [0.15, 0.2) is 0 Å². The Morgan fingerprint density at radius 1 is 0.667 bits per heavy atom. The van der Waals surface area contributed by atoms with Crippen LogP contribution in [0.2, 0.25) is 0 Å². The summed E-state index contributed by atoms with van der Waals surface area (Å²) in [5.74, 6) is 0.265. The first-order valence-electron chi connectivity index (χ1n) is 5.64. The topological polar surface area (TPSA) is 86.2 Å². The minimum atomic E-state index is 0.133. The molecule has 0 rings (SSSR count). The van der Waals surface area contributed by atoms with E-state index in [9.17, 15) is 9.59 Å². The minimum absolute atomic E-state index is 0.133. The molecule has 88 valence electrons. The minimum Gasteiger partial charge on any atom is -0.324 e. The number of carbonyl (C=O) groups excluding carboxylic acids is 2. The van der Waals surface area contributed by atoms with Crippen LogP contribution in [-0.4, -0.2) is 24.7 Å². The Morgan fingerprint density at radius 2 is 1.00 bits per heavy atom. The highest BCUT2D eigenvalue weighted by Gasteiger charge is 1.99. The third kappa shape index (κ3) is 9.56. The maximum atomic E-state index is 10.8. The van der Waals surface area contributed by atoms with Gasteiger partial charge >= 0.3 is 0 Å². The molecule has 0 aliphatic carbocycles. The van der Waals surface area contributed by atoms with E-state index in [0.29, 0.717) is 12.8 Å². The number of rotatable bonds is 10. The largest absolute Gasteiger partial charge is 0.324 e. The van der Waals surface area contributed by atoms with Crippen LogP contribution in [-0.2, 0) is 9.59 Å². The van der Waals surface area contributed by atoms with Crippen molar-refractivity contribution in [3.8, 4) is 0 Å². The smallest absolute Gasteiger partial charge is 0.146 e. The van der Waals surface area contributed by atoms with Crippen molar-refractivity contribution in [1.82, 2.24) is 0 Å². The summed E-state index contributed by atoms with van der Waals surface area (Å²) in [5.41, 5.74) is 10.4. The van der Waals surface area contributed by atoms with E-state index in [2.05, 4.69) is 0 Å². The van der Waals surface area contributed by atoms with Crippen LogP contribution in [0.5, 0.6) is 0 Å². The Morgan fingerprint density at radius 3 is 1.33 bits per heavy atom. The molecule has 0 heterocycles. The zero-order chi connectivity index (χ0) is 11.5. The summed E-state index contributed by atoms with van der Waals surface area (Å²) in [6.07, 6.45) is 6.19. The number of Topliss-reactive ketones (excluding diaryl/α,β-unsaturated/α-hetero) is 2. The lowest BCUT2D eigenvalue weighted by atomic mass is 10.1. The lowest BCUT2D eigenvalue weighted by Crippen LogP contribution is -2.13. The molecule has 0 amide bonds. The maximum Gasteiger partial charge on any atom is 0.146 e. The van der Waals surface area contributed by atoms with Gasteiger partial charge in [-0.2, -0.15) is 0 Å². The lowest BCUT2D eigenvalue weighted by Gasteiger charge is -2.00. The Labute approximate surface area is 91.4 Å². The summed E-state index contributed by atoms with van der Waals surface area (Å²) in [4.78, 5) is 21.7. The summed E-state index contributed by atoms with van der Waals surface area (Å²) in [5, 5.41) is 0. The third-order valence-corrected chi connectivity index (χ3v) is 2.37. The van der Waals surface area contributed by atoms with Crippen molar-refractivity contribution in [2.75, 3.05) is 13.1 Å². The first kappa shape index (κ1) is 14.3. The van der Waals surface area contributed by atoms with Gasteiger partial charge in [-0.05, 0) is 12.8 Å². The maximum absolute atomic E-state index is 10.8. The Balaban J connectivity index is 3.11. The molecule has 4 heteroatoms. The fourth-order valence-corrected chi connectivity index (χ4v) is 1.38. The summed E-state index contributed by atoms with van der Waals surface area (Å²) in [6.45, 7) is 0.315. The van der Waals surface area contributed by atoms with Crippen molar-refractivity contribution in [3.63, 3.8) is 0 Å². The van der Waals surface area contributed by atoms with Gasteiger partial charge in [-0.1, -0.05) is 19.3 Å². The number of nitrogens with two attached hydrogens (primary N) is 2. The Bertz CT molecular complexity index is 173. The second-order valence-corrected chi connectivity index (χ2v) is 3.75. The van der Waals surface area contributed by atoms with Crippen LogP contribution >= 0.6 is 0 Å². The molecule has 0 spiro atoms. The van der Waals surface area contributed by atoms with Crippen molar-refractivity contribution >= 4 is 11.6 Å². The van der Waals surface area contributed by atoms with Gasteiger partial charge in [0.25, 0.3) is 0 Å². The van der Waals surface area contributed by atoms with E-state index in [0.717, 1.165) is 32.1 Å². The van der Waals surface area contributed by atoms with Gasteiger partial charge in [0.15, 0.2) is 0 Å². The fourth-order valence-electron chi connectivity index (χ4n) is 1.38. The lowest BCUT2D eigenvalue weighted by molar-refractivity contribution is -0.118. The van der Waals surface area contributed by atoms with Crippen molar-refractivity contribution in [1.29, 1.82) is 0 Å². The molecule has 0 aliphatic rings. The fraction of sp³-hybridized carbons (Fsp3) is 0.818. The highest BCUT2D eigenvalue weighted by atomic mass is 16.1. The van der Waals surface area contributed by atoms with E-state index in [1.54, 1.807) is 0 Å². The Kier molecular flexibility index (Phi) is 9.32. The van der Waals surface area contributed by atoms with E-state index >= 15 is 0 Å². The zero-order valence-corrected chi connectivity index (χ0v) is 9.34. The molecule has 0 saturated heterocycles. The average Bonchev–Trinajstić information content (AvgIpc) is 2.26. The quantitative estimate of drug-likeness (QED) is 0.526. The van der Waals surface area contributed by atoms with Crippen molar-refractivity contribution in [3.05, 3.63) is 0 Å². The van der Waals surface area contributed by atoms with Crippen LogP contribution < -0.4 is 11.5 Å². The molecule has 0 unspecified atom stereocenters. The molecular weight excluding hydrogens is 192 g/mol. The summed E-state index contributed by atoms with van der Waals surface area (Å²) < 4.78 is 0. The van der Waals surface area contributed by atoms with Crippen LogP contribution in [0.1, 0.15) is 44.9 Å². The van der Waals surface area contributed by atoms with E-state index < -0.39 is 0 Å². The second-order valence-electron chi connectivity index (χ2n) is 3.75. The van der Waals surface area contributed by atoms with Gasteiger partial charge in [0.2, 0.25) is 0 Å². The Hall–Kier alpha value is -0.740. The molecule has 0 bridgehead atoms. The SMILES string of the molecule is NCC(=O)CCCCCCCC(=O)CN. The normalized spacial score (nSPS) is 10.3. The number of ketones is 2. The van der Waals surface area contributed by atoms with E-state index in [4.69, 9.17) is 11.5 Å². The monoisotopic (exact) mass is 214 g/mol. The molecule has 0 atom stereocenters. The molecule has 4 N–H and O–H groups in total. The van der Waals surface area contributed by atoms with Crippen LogP contribution in [0.4, 0.5) is 0 Å². The average molecular weight is 214 g/mol. The summed E-state index contributed by atoms with van der Waals surface area (Å²) >= 11 is 0. The molecule has 0 aromatic rings.